The Morgan fingerprint density at radius 3 is 2.92 bits per heavy atom. The van der Waals surface area contributed by atoms with Crippen LogP contribution in [-0.4, -0.2) is 23.0 Å². The molecule has 0 aromatic carbocycles. The Morgan fingerprint density at radius 2 is 2.50 bits per heavy atom. The van der Waals surface area contributed by atoms with Gasteiger partial charge in [-0.1, -0.05) is 0 Å². The quantitative estimate of drug-likeness (QED) is 0.566. The van der Waals surface area contributed by atoms with Crippen LogP contribution in [0.2, 0.25) is 0 Å². The number of ether oxygens (including phenoxy) is 1. The van der Waals surface area contributed by atoms with Gasteiger partial charge >= 0.3 is 6.09 Å². The number of nitrogens with zero attached hydrogens (tertiary/aromatic N) is 3. The Morgan fingerprint density at radius 1 is 1.83 bits per heavy atom. The topological polar surface area (TPSA) is 67.9 Å². The molecule has 0 saturated heterocycles. The van der Waals surface area contributed by atoms with Crippen molar-refractivity contribution < 1.29 is 9.53 Å². The number of rotatable bonds is 0. The van der Waals surface area contributed by atoms with Gasteiger partial charge in [-0.2, -0.15) is 15.0 Å². The molecule has 5 nitrogen and oxygen atoms in total. The summed E-state index contributed by atoms with van der Waals surface area (Å²) < 4.78 is 5.47. The van der Waals surface area contributed by atoms with Crippen LogP contribution >= 0.6 is 0 Å². The largest absolute Gasteiger partial charge is 0.451 e. The average molecular weight is 165 g/mol. The molecule has 0 fully saturated rings. The molecular formula is C7H7N3O2. The maximum atomic E-state index is 10.9. The zero-order valence-corrected chi connectivity index (χ0v) is 6.74. The van der Waals surface area contributed by atoms with Crippen molar-refractivity contribution >= 4 is 6.09 Å². The predicted octanol–water partition coefficient (Wildman–Crippen LogP) is 0.678. The molecule has 62 valence electrons. The van der Waals surface area contributed by atoms with Crippen LogP contribution in [0.5, 0.6) is 0 Å². The highest BCUT2D eigenvalue weighted by Crippen LogP contribution is 2.01. The van der Waals surface area contributed by atoms with Crippen molar-refractivity contribution in [2.24, 2.45) is 0 Å². The fraction of sp³-hybridized carbons (Fsp3) is 0.286. The van der Waals surface area contributed by atoms with Crippen molar-refractivity contribution in [3.05, 3.63) is 17.5 Å². The molecule has 1 rings (SSSR count). The molecule has 0 atom stereocenters. The summed E-state index contributed by atoms with van der Waals surface area (Å²) in [5, 5.41) is 12.1. The van der Waals surface area contributed by atoms with Crippen LogP contribution in [0, 0.1) is 18.3 Å². The van der Waals surface area contributed by atoms with Crippen molar-refractivity contribution in [3.8, 4) is 6.07 Å². The lowest BCUT2D eigenvalue weighted by molar-refractivity contribution is 0.168. The first-order chi connectivity index (χ1) is 5.69. The van der Waals surface area contributed by atoms with Crippen molar-refractivity contribution in [1.82, 2.24) is 9.78 Å². The van der Waals surface area contributed by atoms with Crippen LogP contribution in [0.25, 0.3) is 0 Å². The Bertz CT molecular complexity index is 348. The zero-order chi connectivity index (χ0) is 9.14. The predicted molar refractivity (Wildman–Crippen MR) is 39.5 cm³/mol. The number of aromatic nitrogens is 2. The van der Waals surface area contributed by atoms with Crippen LogP contribution in [0.1, 0.15) is 11.4 Å². The number of aryl methyl sites for hydroxylation is 1. The van der Waals surface area contributed by atoms with Gasteiger partial charge in [0.15, 0.2) is 5.69 Å². The third-order valence-corrected chi connectivity index (χ3v) is 1.35. The van der Waals surface area contributed by atoms with E-state index < -0.39 is 6.09 Å². The van der Waals surface area contributed by atoms with Gasteiger partial charge in [-0.3, -0.25) is 0 Å². The second kappa shape index (κ2) is 3.05. The number of nitriles is 1. The molecule has 0 bridgehead atoms. The summed E-state index contributed by atoms with van der Waals surface area (Å²) in [6.07, 6.45) is -0.589. The van der Waals surface area contributed by atoms with Crippen molar-refractivity contribution in [3.63, 3.8) is 0 Å². The summed E-state index contributed by atoms with van der Waals surface area (Å²) in [5.74, 6) is 0. The van der Waals surface area contributed by atoms with Gasteiger partial charge in [0.1, 0.15) is 6.07 Å². The minimum Gasteiger partial charge on any atom is -0.451 e. The normalized spacial score (nSPS) is 9.08. The van der Waals surface area contributed by atoms with E-state index in [9.17, 15) is 4.79 Å². The molecule has 0 N–H and O–H groups in total. The minimum absolute atomic E-state index is 0.206. The van der Waals surface area contributed by atoms with Crippen LogP contribution in [0.15, 0.2) is 6.07 Å². The molecule has 0 radical (unpaired) electrons. The van der Waals surface area contributed by atoms with E-state index in [1.165, 1.54) is 13.2 Å². The minimum atomic E-state index is -0.589. The monoisotopic (exact) mass is 165 g/mol. The van der Waals surface area contributed by atoms with Gasteiger partial charge in [0, 0.05) is 5.69 Å². The third-order valence-electron chi connectivity index (χ3n) is 1.35. The summed E-state index contributed by atoms with van der Waals surface area (Å²) in [4.78, 5) is 10.9. The summed E-state index contributed by atoms with van der Waals surface area (Å²) in [5.41, 5.74) is 0.788. The Labute approximate surface area is 69.2 Å². The molecule has 0 aliphatic heterocycles. The molecule has 0 amide bonds. The maximum Gasteiger partial charge on any atom is 0.434 e. The SMILES string of the molecule is COC(=O)n1nc(C#N)cc1C. The van der Waals surface area contributed by atoms with Crippen molar-refractivity contribution in [1.29, 1.82) is 5.26 Å². The van der Waals surface area contributed by atoms with Crippen LogP contribution < -0.4 is 0 Å². The van der Waals surface area contributed by atoms with Gasteiger partial charge in [-0.05, 0) is 13.0 Å². The zero-order valence-electron chi connectivity index (χ0n) is 6.74. The van der Waals surface area contributed by atoms with E-state index >= 15 is 0 Å². The molecule has 0 saturated carbocycles. The van der Waals surface area contributed by atoms with Crippen LogP contribution in [0.4, 0.5) is 4.79 Å². The Kier molecular flexibility index (Phi) is 2.10. The number of hydrogen-bond donors (Lipinski definition) is 0. The first-order valence-electron chi connectivity index (χ1n) is 3.24. The molecule has 0 aliphatic rings. The van der Waals surface area contributed by atoms with Crippen LogP contribution in [0.3, 0.4) is 0 Å². The van der Waals surface area contributed by atoms with Gasteiger partial charge in [0.25, 0.3) is 0 Å². The summed E-state index contributed by atoms with van der Waals surface area (Å²) in [6.45, 7) is 1.67. The lowest BCUT2D eigenvalue weighted by Crippen LogP contribution is -2.14. The van der Waals surface area contributed by atoms with E-state index in [1.807, 2.05) is 6.07 Å². The van der Waals surface area contributed by atoms with Crippen molar-refractivity contribution in [2.75, 3.05) is 7.11 Å². The molecule has 1 aromatic heterocycles. The van der Waals surface area contributed by atoms with E-state index in [4.69, 9.17) is 5.26 Å². The Balaban J connectivity index is 3.10. The fourth-order valence-electron chi connectivity index (χ4n) is 0.800. The first-order valence-corrected chi connectivity index (χ1v) is 3.24. The highest BCUT2D eigenvalue weighted by atomic mass is 16.5. The summed E-state index contributed by atoms with van der Waals surface area (Å²) in [6, 6.07) is 3.34. The third kappa shape index (κ3) is 1.27. The lowest BCUT2D eigenvalue weighted by atomic mass is 10.4. The standard InChI is InChI=1S/C7H7N3O2/c1-5-3-6(4-8)9-10(5)7(11)12-2/h3H,1-2H3. The molecule has 1 heterocycles. The average Bonchev–Trinajstić information content (AvgIpc) is 2.45. The van der Waals surface area contributed by atoms with E-state index in [1.54, 1.807) is 6.92 Å². The van der Waals surface area contributed by atoms with Gasteiger partial charge in [-0.25, -0.2) is 4.79 Å². The van der Waals surface area contributed by atoms with Gasteiger partial charge in [0.05, 0.1) is 7.11 Å². The lowest BCUT2D eigenvalue weighted by Gasteiger charge is -1.98. The summed E-state index contributed by atoms with van der Waals surface area (Å²) in [7, 11) is 1.26. The molecule has 0 spiro atoms. The number of methoxy groups -OCH3 is 1. The van der Waals surface area contributed by atoms with Gasteiger partial charge < -0.3 is 4.74 Å². The van der Waals surface area contributed by atoms with E-state index in [2.05, 4.69) is 9.84 Å². The fourth-order valence-corrected chi connectivity index (χ4v) is 0.800. The molecule has 5 heteroatoms. The Hall–Kier alpha value is -1.83. The second-order valence-corrected chi connectivity index (χ2v) is 2.16. The molecule has 1 aromatic rings. The van der Waals surface area contributed by atoms with E-state index in [0.717, 1.165) is 4.68 Å². The van der Waals surface area contributed by atoms with Gasteiger partial charge in [0.2, 0.25) is 0 Å². The van der Waals surface area contributed by atoms with E-state index in [0.29, 0.717) is 5.69 Å². The second-order valence-electron chi connectivity index (χ2n) is 2.16. The van der Waals surface area contributed by atoms with E-state index in [-0.39, 0.29) is 5.69 Å². The molecule has 0 unspecified atom stereocenters. The summed E-state index contributed by atoms with van der Waals surface area (Å²) >= 11 is 0. The smallest absolute Gasteiger partial charge is 0.434 e. The molecule has 0 aliphatic carbocycles. The molecule has 12 heavy (non-hydrogen) atoms. The van der Waals surface area contributed by atoms with Crippen LogP contribution in [-0.2, 0) is 4.74 Å². The highest BCUT2D eigenvalue weighted by molar-refractivity contribution is 5.70. The van der Waals surface area contributed by atoms with Crippen molar-refractivity contribution in [2.45, 2.75) is 6.92 Å². The number of carbonyl (C=O) groups excluding carboxylic acids is 1. The maximum absolute atomic E-state index is 10.9. The number of hydrogen-bond acceptors (Lipinski definition) is 4. The van der Waals surface area contributed by atoms with Gasteiger partial charge in [-0.15, -0.1) is 0 Å². The highest BCUT2D eigenvalue weighted by Gasteiger charge is 2.10. The first kappa shape index (κ1) is 8.27. The number of carbonyl (C=O) groups is 1. The molecular weight excluding hydrogens is 158 g/mol.